The van der Waals surface area contributed by atoms with E-state index < -0.39 is 6.09 Å². The molecule has 2 N–H and O–H groups in total. The molecule has 0 spiro atoms. The highest BCUT2D eigenvalue weighted by molar-refractivity contribution is 9.10. The molecule has 19 heavy (non-hydrogen) atoms. The number of methoxy groups -OCH3 is 1. The minimum atomic E-state index is -1.15. The van der Waals surface area contributed by atoms with Gasteiger partial charge in [-0.15, -0.1) is 0 Å². The number of ether oxygens (including phenoxy) is 1. The third-order valence-corrected chi connectivity index (χ3v) is 3.23. The van der Waals surface area contributed by atoms with Crippen molar-refractivity contribution in [2.24, 2.45) is 0 Å². The minimum Gasteiger partial charge on any atom is -0.465 e. The molecule has 0 radical (unpaired) electrons. The summed E-state index contributed by atoms with van der Waals surface area (Å²) in [5, 5.41) is 15.6. The Labute approximate surface area is 118 Å². The highest BCUT2D eigenvalue weighted by Crippen LogP contribution is 2.29. The average Bonchev–Trinajstić information content (AvgIpc) is 2.69. The summed E-state index contributed by atoms with van der Waals surface area (Å²) in [6, 6.07) is 9.26. The molecule has 1 aromatic carbocycles. The fourth-order valence-corrected chi connectivity index (χ4v) is 2.10. The summed E-state index contributed by atoms with van der Waals surface area (Å²) in [7, 11) is 1.55. The molecule has 0 fully saturated rings. The molecular formula is C12H12BrN3O3. The molecule has 0 aliphatic heterocycles. The van der Waals surface area contributed by atoms with E-state index in [1.807, 2.05) is 30.3 Å². The molecule has 0 bridgehead atoms. The molecule has 0 saturated heterocycles. The summed E-state index contributed by atoms with van der Waals surface area (Å²) in [6.07, 6.45) is -1.15. The summed E-state index contributed by atoms with van der Waals surface area (Å²) in [5.41, 5.74) is 1.38. The third kappa shape index (κ3) is 2.94. The number of hydrogen-bond acceptors (Lipinski definition) is 3. The summed E-state index contributed by atoms with van der Waals surface area (Å²) < 4.78 is 7.13. The van der Waals surface area contributed by atoms with Gasteiger partial charge in [-0.25, -0.2) is 9.48 Å². The average molecular weight is 326 g/mol. The predicted molar refractivity (Wildman–Crippen MR) is 73.6 cm³/mol. The lowest BCUT2D eigenvalue weighted by Crippen LogP contribution is -2.12. The van der Waals surface area contributed by atoms with Gasteiger partial charge in [-0.2, -0.15) is 5.10 Å². The van der Waals surface area contributed by atoms with Gasteiger partial charge in [-0.3, -0.25) is 5.32 Å². The molecule has 1 aromatic heterocycles. The van der Waals surface area contributed by atoms with Gasteiger partial charge < -0.3 is 9.84 Å². The number of anilines is 1. The Hall–Kier alpha value is -1.86. The number of benzene rings is 1. The number of carboxylic acid groups (broad SMARTS) is 1. The Bertz CT molecular complexity index is 583. The molecule has 0 aliphatic carbocycles. The van der Waals surface area contributed by atoms with Crippen LogP contribution in [0.2, 0.25) is 0 Å². The quantitative estimate of drug-likeness (QED) is 0.906. The van der Waals surface area contributed by atoms with Crippen LogP contribution in [0.15, 0.2) is 34.8 Å². The zero-order valence-corrected chi connectivity index (χ0v) is 11.7. The number of halogens is 1. The second kappa shape index (κ2) is 5.85. The van der Waals surface area contributed by atoms with Crippen molar-refractivity contribution in [3.8, 4) is 5.69 Å². The summed E-state index contributed by atoms with van der Waals surface area (Å²) in [6.45, 7) is 0.286. The zero-order chi connectivity index (χ0) is 13.8. The monoisotopic (exact) mass is 325 g/mol. The molecule has 1 amide bonds. The van der Waals surface area contributed by atoms with Crippen molar-refractivity contribution in [1.29, 1.82) is 0 Å². The van der Waals surface area contributed by atoms with Crippen LogP contribution in [0.4, 0.5) is 10.6 Å². The van der Waals surface area contributed by atoms with Crippen molar-refractivity contribution < 1.29 is 14.6 Å². The standard InChI is InChI=1S/C12H12BrN3O3/c1-19-7-9-10(13)11(14-12(17)18)16(15-9)8-5-3-2-4-6-8/h2-6,14H,7H2,1H3,(H,17,18). The van der Waals surface area contributed by atoms with E-state index in [1.165, 1.54) is 4.68 Å². The SMILES string of the molecule is COCc1nn(-c2ccccc2)c(NC(=O)O)c1Br. The lowest BCUT2D eigenvalue weighted by atomic mass is 10.3. The lowest BCUT2D eigenvalue weighted by Gasteiger charge is -2.06. The molecule has 6 nitrogen and oxygen atoms in total. The molecule has 0 unspecified atom stereocenters. The maximum atomic E-state index is 10.9. The first-order valence-corrected chi connectivity index (χ1v) is 6.24. The normalized spacial score (nSPS) is 10.4. The highest BCUT2D eigenvalue weighted by Gasteiger charge is 2.18. The number of carbonyl (C=O) groups is 1. The molecule has 1 heterocycles. The topological polar surface area (TPSA) is 76.4 Å². The number of nitrogens with zero attached hydrogens (tertiary/aromatic N) is 2. The Balaban J connectivity index is 2.52. The van der Waals surface area contributed by atoms with E-state index in [-0.39, 0.29) is 6.61 Å². The van der Waals surface area contributed by atoms with Crippen molar-refractivity contribution in [2.75, 3.05) is 12.4 Å². The summed E-state index contributed by atoms with van der Waals surface area (Å²) >= 11 is 3.34. The second-order valence-corrected chi connectivity index (χ2v) is 4.51. The van der Waals surface area contributed by atoms with E-state index in [2.05, 4.69) is 26.3 Å². The minimum absolute atomic E-state index is 0.286. The number of amides is 1. The van der Waals surface area contributed by atoms with Crippen molar-refractivity contribution >= 4 is 27.8 Å². The number of para-hydroxylation sites is 1. The Kier molecular flexibility index (Phi) is 4.18. The lowest BCUT2D eigenvalue weighted by molar-refractivity contribution is 0.180. The Morgan fingerprint density at radius 1 is 1.47 bits per heavy atom. The summed E-state index contributed by atoms with van der Waals surface area (Å²) in [4.78, 5) is 10.9. The number of aromatic nitrogens is 2. The third-order valence-electron chi connectivity index (χ3n) is 2.40. The van der Waals surface area contributed by atoms with E-state index in [0.29, 0.717) is 16.0 Å². The first-order chi connectivity index (χ1) is 9.13. The van der Waals surface area contributed by atoms with E-state index in [0.717, 1.165) is 5.69 Å². The van der Waals surface area contributed by atoms with Crippen LogP contribution in [0.5, 0.6) is 0 Å². The fourth-order valence-electron chi connectivity index (χ4n) is 1.64. The first-order valence-electron chi connectivity index (χ1n) is 5.45. The van der Waals surface area contributed by atoms with Gasteiger partial charge in [-0.1, -0.05) is 18.2 Å². The van der Waals surface area contributed by atoms with Crippen LogP contribution in [0.25, 0.3) is 5.69 Å². The zero-order valence-electron chi connectivity index (χ0n) is 10.1. The van der Waals surface area contributed by atoms with Crippen molar-refractivity contribution in [2.45, 2.75) is 6.61 Å². The molecule has 2 rings (SSSR count). The van der Waals surface area contributed by atoms with Gasteiger partial charge in [-0.05, 0) is 28.1 Å². The molecule has 0 aliphatic rings. The van der Waals surface area contributed by atoms with Crippen molar-refractivity contribution in [1.82, 2.24) is 9.78 Å². The van der Waals surface area contributed by atoms with Gasteiger partial charge >= 0.3 is 6.09 Å². The van der Waals surface area contributed by atoms with Gasteiger partial charge in [0.2, 0.25) is 0 Å². The second-order valence-electron chi connectivity index (χ2n) is 3.72. The highest BCUT2D eigenvalue weighted by atomic mass is 79.9. The number of rotatable bonds is 4. The largest absolute Gasteiger partial charge is 0.465 e. The van der Waals surface area contributed by atoms with Crippen molar-refractivity contribution in [3.63, 3.8) is 0 Å². The molecule has 0 atom stereocenters. The first kappa shape index (κ1) is 13.6. The fraction of sp³-hybridized carbons (Fsp3) is 0.167. The van der Waals surface area contributed by atoms with Crippen LogP contribution >= 0.6 is 15.9 Å². The number of hydrogen-bond donors (Lipinski definition) is 2. The van der Waals surface area contributed by atoms with E-state index in [1.54, 1.807) is 7.11 Å². The molecule has 0 saturated carbocycles. The van der Waals surface area contributed by atoms with Crippen LogP contribution < -0.4 is 5.32 Å². The van der Waals surface area contributed by atoms with Crippen LogP contribution in [0.1, 0.15) is 5.69 Å². The molecule has 7 heteroatoms. The van der Waals surface area contributed by atoms with Crippen molar-refractivity contribution in [3.05, 3.63) is 40.5 Å². The maximum Gasteiger partial charge on any atom is 0.410 e. The van der Waals surface area contributed by atoms with Gasteiger partial charge in [0.15, 0.2) is 5.82 Å². The summed E-state index contributed by atoms with van der Waals surface area (Å²) in [5.74, 6) is 0.353. The van der Waals surface area contributed by atoms with Crippen LogP contribution in [0.3, 0.4) is 0 Å². The van der Waals surface area contributed by atoms with Gasteiger partial charge in [0.25, 0.3) is 0 Å². The van der Waals surface area contributed by atoms with Crippen LogP contribution in [-0.4, -0.2) is 28.1 Å². The van der Waals surface area contributed by atoms with E-state index in [4.69, 9.17) is 9.84 Å². The van der Waals surface area contributed by atoms with E-state index in [9.17, 15) is 4.79 Å². The predicted octanol–water partition coefficient (Wildman–Crippen LogP) is 2.87. The Morgan fingerprint density at radius 2 is 2.16 bits per heavy atom. The van der Waals surface area contributed by atoms with Gasteiger partial charge in [0, 0.05) is 7.11 Å². The molecular weight excluding hydrogens is 314 g/mol. The van der Waals surface area contributed by atoms with Crippen LogP contribution in [-0.2, 0) is 11.3 Å². The maximum absolute atomic E-state index is 10.9. The molecule has 2 aromatic rings. The van der Waals surface area contributed by atoms with Crippen LogP contribution in [0, 0.1) is 0 Å². The van der Waals surface area contributed by atoms with Gasteiger partial charge in [0.05, 0.1) is 16.8 Å². The van der Waals surface area contributed by atoms with Gasteiger partial charge in [0.1, 0.15) is 5.69 Å². The number of nitrogens with one attached hydrogen (secondary N) is 1. The Morgan fingerprint density at radius 3 is 2.74 bits per heavy atom. The van der Waals surface area contributed by atoms with E-state index >= 15 is 0 Å². The molecule has 100 valence electrons. The smallest absolute Gasteiger partial charge is 0.410 e.